The van der Waals surface area contributed by atoms with Crippen molar-refractivity contribution >= 4 is 0 Å². The minimum atomic E-state index is -0.0629. The Morgan fingerprint density at radius 3 is 2.85 bits per heavy atom. The first-order valence-corrected chi connectivity index (χ1v) is 7.60. The Hall–Kier alpha value is -1.36. The predicted octanol–water partition coefficient (Wildman–Crippen LogP) is 1.81. The summed E-state index contributed by atoms with van der Waals surface area (Å²) < 4.78 is 6.64. The molecule has 1 aromatic heterocycles. The molecule has 1 aromatic rings. The highest BCUT2D eigenvalue weighted by Crippen LogP contribution is 2.28. The zero-order valence-corrected chi connectivity index (χ0v) is 12.5. The molecule has 0 aliphatic heterocycles. The fraction of sp³-hybridized carbons (Fsp3) is 0.733. The van der Waals surface area contributed by atoms with Gasteiger partial charge < -0.3 is 10.1 Å². The lowest BCUT2D eigenvalue weighted by Crippen LogP contribution is -2.42. The molecule has 5 nitrogen and oxygen atoms in total. The van der Waals surface area contributed by atoms with E-state index >= 15 is 0 Å². The Labute approximate surface area is 120 Å². The molecule has 5 heteroatoms. The van der Waals surface area contributed by atoms with Crippen LogP contribution in [-0.4, -0.2) is 29.5 Å². The summed E-state index contributed by atoms with van der Waals surface area (Å²) in [6.07, 6.45) is 6.20. The quantitative estimate of drug-likeness (QED) is 0.827. The molecule has 1 unspecified atom stereocenters. The number of rotatable bonds is 7. The molecule has 1 fully saturated rings. The van der Waals surface area contributed by atoms with E-state index < -0.39 is 0 Å². The summed E-state index contributed by atoms with van der Waals surface area (Å²) in [7, 11) is 1.57. The van der Waals surface area contributed by atoms with Gasteiger partial charge in [-0.1, -0.05) is 19.8 Å². The zero-order chi connectivity index (χ0) is 14.4. The lowest BCUT2D eigenvalue weighted by Gasteiger charge is -2.25. The number of hydrogen-bond donors (Lipinski definition) is 1. The third-order valence-electron chi connectivity index (χ3n) is 4.05. The van der Waals surface area contributed by atoms with E-state index in [9.17, 15) is 4.79 Å². The molecule has 0 radical (unpaired) electrons. The molecule has 112 valence electrons. The first-order chi connectivity index (χ1) is 9.74. The van der Waals surface area contributed by atoms with E-state index in [1.54, 1.807) is 13.2 Å². The van der Waals surface area contributed by atoms with Crippen LogP contribution in [0.2, 0.25) is 0 Å². The van der Waals surface area contributed by atoms with Crippen LogP contribution < -0.4 is 15.6 Å². The summed E-state index contributed by atoms with van der Waals surface area (Å²) in [5, 5.41) is 7.84. The number of aromatic nitrogens is 2. The molecule has 0 amide bonds. The van der Waals surface area contributed by atoms with Gasteiger partial charge in [-0.2, -0.15) is 0 Å². The fourth-order valence-electron chi connectivity index (χ4n) is 2.93. The Balaban J connectivity index is 2.11. The molecular weight excluding hydrogens is 254 g/mol. The summed E-state index contributed by atoms with van der Waals surface area (Å²) in [5.41, 5.74) is -0.0629. The van der Waals surface area contributed by atoms with Crippen LogP contribution in [0.1, 0.15) is 39.0 Å². The van der Waals surface area contributed by atoms with E-state index in [0.717, 1.165) is 13.0 Å². The minimum absolute atomic E-state index is 0.0629. The number of hydrogen-bond acceptors (Lipinski definition) is 4. The van der Waals surface area contributed by atoms with Crippen molar-refractivity contribution in [3.05, 3.63) is 22.5 Å². The van der Waals surface area contributed by atoms with Crippen molar-refractivity contribution in [2.75, 3.05) is 13.7 Å². The van der Waals surface area contributed by atoms with Crippen molar-refractivity contribution in [1.82, 2.24) is 15.1 Å². The van der Waals surface area contributed by atoms with Gasteiger partial charge in [0.1, 0.15) is 0 Å². The summed E-state index contributed by atoms with van der Waals surface area (Å²) in [6, 6.07) is 3.47. The van der Waals surface area contributed by atoms with Gasteiger partial charge in [-0.25, -0.2) is 4.68 Å². The Morgan fingerprint density at radius 1 is 1.45 bits per heavy atom. The summed E-state index contributed by atoms with van der Waals surface area (Å²) in [6.45, 7) is 3.77. The third-order valence-corrected chi connectivity index (χ3v) is 4.05. The van der Waals surface area contributed by atoms with Crippen LogP contribution in [-0.2, 0) is 6.54 Å². The first kappa shape index (κ1) is 15.0. The summed E-state index contributed by atoms with van der Waals surface area (Å²) >= 11 is 0. The number of methoxy groups -OCH3 is 1. The zero-order valence-electron chi connectivity index (χ0n) is 12.5. The molecule has 0 aromatic carbocycles. The number of nitrogens with one attached hydrogen (secondary N) is 1. The highest BCUT2D eigenvalue weighted by molar-refractivity contribution is 5.06. The second kappa shape index (κ2) is 7.43. The molecule has 0 spiro atoms. The molecule has 1 saturated carbocycles. The lowest BCUT2D eigenvalue weighted by atomic mass is 9.98. The lowest BCUT2D eigenvalue weighted by molar-refractivity contribution is 0.297. The van der Waals surface area contributed by atoms with E-state index in [1.165, 1.54) is 36.4 Å². The molecule has 0 bridgehead atoms. The maximum atomic E-state index is 11.9. The standard InChI is InChI=1S/C15H25N3O2/c1-3-10-16-13(12-6-4-5-7-12)11-18-15(19)9-8-14(17-18)20-2/h8-9,12-13,16H,3-7,10-11H2,1-2H3. The highest BCUT2D eigenvalue weighted by Gasteiger charge is 2.25. The average molecular weight is 279 g/mol. The summed E-state index contributed by atoms with van der Waals surface area (Å²) in [4.78, 5) is 11.9. The van der Waals surface area contributed by atoms with Crippen LogP contribution in [0.25, 0.3) is 0 Å². The van der Waals surface area contributed by atoms with Crippen LogP contribution in [0.4, 0.5) is 0 Å². The monoisotopic (exact) mass is 279 g/mol. The largest absolute Gasteiger partial charge is 0.480 e. The second-order valence-electron chi connectivity index (χ2n) is 5.50. The number of nitrogens with zero attached hydrogens (tertiary/aromatic N) is 2. The normalized spacial score (nSPS) is 17.3. The smallest absolute Gasteiger partial charge is 0.267 e. The molecule has 20 heavy (non-hydrogen) atoms. The van der Waals surface area contributed by atoms with Gasteiger partial charge in [0.2, 0.25) is 5.88 Å². The van der Waals surface area contributed by atoms with Gasteiger partial charge in [0.15, 0.2) is 0 Å². The molecule has 1 heterocycles. The van der Waals surface area contributed by atoms with Crippen molar-refractivity contribution in [3.8, 4) is 5.88 Å². The van der Waals surface area contributed by atoms with Crippen molar-refractivity contribution in [3.63, 3.8) is 0 Å². The van der Waals surface area contributed by atoms with Crippen molar-refractivity contribution in [2.45, 2.75) is 51.6 Å². The van der Waals surface area contributed by atoms with E-state index in [-0.39, 0.29) is 5.56 Å². The SMILES string of the molecule is CCCNC(Cn1nc(OC)ccc1=O)C1CCCC1. The van der Waals surface area contributed by atoms with Crippen molar-refractivity contribution < 1.29 is 4.74 Å². The van der Waals surface area contributed by atoms with Gasteiger partial charge in [0, 0.05) is 18.2 Å². The van der Waals surface area contributed by atoms with Crippen LogP contribution in [0.3, 0.4) is 0 Å². The predicted molar refractivity (Wildman–Crippen MR) is 79.1 cm³/mol. The Kier molecular flexibility index (Phi) is 5.59. The van der Waals surface area contributed by atoms with Crippen LogP contribution in [0.15, 0.2) is 16.9 Å². The summed E-state index contributed by atoms with van der Waals surface area (Å²) in [5.74, 6) is 1.15. The molecule has 1 aliphatic carbocycles. The second-order valence-corrected chi connectivity index (χ2v) is 5.50. The van der Waals surface area contributed by atoms with E-state index in [1.807, 2.05) is 0 Å². The minimum Gasteiger partial charge on any atom is -0.480 e. The van der Waals surface area contributed by atoms with Gasteiger partial charge in [0.05, 0.1) is 13.7 Å². The molecular formula is C15H25N3O2. The van der Waals surface area contributed by atoms with E-state index in [0.29, 0.717) is 24.4 Å². The highest BCUT2D eigenvalue weighted by atomic mass is 16.5. The van der Waals surface area contributed by atoms with Crippen LogP contribution >= 0.6 is 0 Å². The average Bonchev–Trinajstić information content (AvgIpc) is 2.99. The van der Waals surface area contributed by atoms with Gasteiger partial charge >= 0.3 is 0 Å². The Morgan fingerprint density at radius 2 is 2.20 bits per heavy atom. The molecule has 1 N–H and O–H groups in total. The van der Waals surface area contributed by atoms with Gasteiger partial charge in [0.25, 0.3) is 5.56 Å². The maximum absolute atomic E-state index is 11.9. The Bertz CT molecular complexity index is 466. The van der Waals surface area contributed by atoms with Crippen LogP contribution in [0.5, 0.6) is 5.88 Å². The molecule has 1 atom stereocenters. The van der Waals surface area contributed by atoms with E-state index in [2.05, 4.69) is 17.3 Å². The molecule has 1 aliphatic rings. The van der Waals surface area contributed by atoms with Crippen molar-refractivity contribution in [1.29, 1.82) is 0 Å². The molecule has 2 rings (SSSR count). The molecule has 0 saturated heterocycles. The maximum Gasteiger partial charge on any atom is 0.267 e. The van der Waals surface area contributed by atoms with Crippen molar-refractivity contribution in [2.24, 2.45) is 5.92 Å². The first-order valence-electron chi connectivity index (χ1n) is 7.60. The van der Waals surface area contributed by atoms with Gasteiger partial charge in [-0.05, 0) is 31.7 Å². The fourth-order valence-corrected chi connectivity index (χ4v) is 2.93. The topological polar surface area (TPSA) is 56.1 Å². The van der Waals surface area contributed by atoms with Gasteiger partial charge in [-0.3, -0.25) is 4.79 Å². The third kappa shape index (κ3) is 3.82. The number of ether oxygens (including phenoxy) is 1. The van der Waals surface area contributed by atoms with Gasteiger partial charge in [-0.15, -0.1) is 5.10 Å². The van der Waals surface area contributed by atoms with E-state index in [4.69, 9.17) is 4.74 Å². The van der Waals surface area contributed by atoms with Crippen LogP contribution in [0, 0.1) is 5.92 Å².